The maximum absolute atomic E-state index is 12.9. The molecule has 0 radical (unpaired) electrons. The Hall–Kier alpha value is -3.53. The number of carbonyl (C=O) groups excluding carboxylic acids is 1. The van der Waals surface area contributed by atoms with Crippen LogP contribution in [0.25, 0.3) is 22.0 Å². The third kappa shape index (κ3) is 3.37. The number of nitrogens with zero attached hydrogens (tertiary/aromatic N) is 2. The third-order valence-corrected chi connectivity index (χ3v) is 4.99. The maximum Gasteiger partial charge on any atom is 0.257 e. The zero-order valence-corrected chi connectivity index (χ0v) is 15.9. The van der Waals surface area contributed by atoms with E-state index in [4.69, 9.17) is 0 Å². The highest BCUT2D eigenvalue weighted by atomic mass is 16.1. The van der Waals surface area contributed by atoms with Gasteiger partial charge in [0.2, 0.25) is 0 Å². The molecule has 0 aliphatic rings. The molecule has 2 aromatic heterocycles. The fourth-order valence-electron chi connectivity index (χ4n) is 3.43. The van der Waals surface area contributed by atoms with Crippen molar-refractivity contribution in [3.05, 3.63) is 89.9 Å². The Labute approximate surface area is 164 Å². The molecule has 0 atom stereocenters. The Kier molecular flexibility index (Phi) is 4.85. The zero-order valence-electron chi connectivity index (χ0n) is 15.9. The van der Waals surface area contributed by atoms with Crippen LogP contribution < -0.4 is 5.32 Å². The van der Waals surface area contributed by atoms with Gasteiger partial charge in [-0.3, -0.25) is 14.8 Å². The third-order valence-electron chi connectivity index (χ3n) is 4.99. The number of benzene rings is 2. The second-order valence-electron chi connectivity index (χ2n) is 6.74. The molecule has 0 aliphatic carbocycles. The fourth-order valence-corrected chi connectivity index (χ4v) is 3.43. The zero-order chi connectivity index (χ0) is 19.5. The van der Waals surface area contributed by atoms with Crippen molar-refractivity contribution in [1.82, 2.24) is 9.97 Å². The van der Waals surface area contributed by atoms with Crippen LogP contribution in [0.15, 0.2) is 73.2 Å². The van der Waals surface area contributed by atoms with E-state index >= 15 is 0 Å². The highest BCUT2D eigenvalue weighted by molar-refractivity contribution is 6.07. The lowest BCUT2D eigenvalue weighted by Gasteiger charge is -2.13. The van der Waals surface area contributed by atoms with Crippen LogP contribution in [0, 0.1) is 6.92 Å². The highest BCUT2D eigenvalue weighted by Gasteiger charge is 2.15. The van der Waals surface area contributed by atoms with Gasteiger partial charge in [-0.15, -0.1) is 0 Å². The Bertz CT molecular complexity index is 1160. The van der Waals surface area contributed by atoms with Gasteiger partial charge < -0.3 is 5.32 Å². The molecule has 0 saturated heterocycles. The van der Waals surface area contributed by atoms with Crippen molar-refractivity contribution in [1.29, 1.82) is 0 Å². The van der Waals surface area contributed by atoms with Crippen LogP contribution in [0.5, 0.6) is 0 Å². The molecule has 4 nitrogen and oxygen atoms in total. The van der Waals surface area contributed by atoms with Crippen LogP contribution in [-0.2, 0) is 6.42 Å². The molecular weight excluding hydrogens is 346 g/mol. The average molecular weight is 367 g/mol. The maximum atomic E-state index is 12.9. The lowest BCUT2D eigenvalue weighted by molar-refractivity contribution is 0.102. The quantitative estimate of drug-likeness (QED) is 0.524. The van der Waals surface area contributed by atoms with E-state index in [9.17, 15) is 4.79 Å². The van der Waals surface area contributed by atoms with Crippen LogP contribution in [-0.4, -0.2) is 15.9 Å². The van der Waals surface area contributed by atoms with E-state index in [0.29, 0.717) is 5.56 Å². The lowest BCUT2D eigenvalue weighted by atomic mass is 9.96. The summed E-state index contributed by atoms with van der Waals surface area (Å²) in [7, 11) is 0. The molecule has 0 aliphatic heterocycles. The first-order chi connectivity index (χ1) is 13.7. The van der Waals surface area contributed by atoms with Crippen LogP contribution in [0.3, 0.4) is 0 Å². The molecule has 0 fully saturated rings. The summed E-state index contributed by atoms with van der Waals surface area (Å²) in [6.07, 6.45) is 6.15. The van der Waals surface area contributed by atoms with Crippen molar-refractivity contribution in [2.75, 3.05) is 5.32 Å². The Morgan fingerprint density at radius 2 is 1.86 bits per heavy atom. The van der Waals surface area contributed by atoms with E-state index in [-0.39, 0.29) is 5.91 Å². The van der Waals surface area contributed by atoms with Crippen LogP contribution in [0.4, 0.5) is 5.69 Å². The second-order valence-corrected chi connectivity index (χ2v) is 6.74. The van der Waals surface area contributed by atoms with Gasteiger partial charge in [-0.05, 0) is 54.3 Å². The molecule has 4 heteroatoms. The molecule has 28 heavy (non-hydrogen) atoms. The first-order valence-corrected chi connectivity index (χ1v) is 9.36. The monoisotopic (exact) mass is 367 g/mol. The minimum absolute atomic E-state index is 0.154. The minimum Gasteiger partial charge on any atom is -0.322 e. The first kappa shape index (κ1) is 17.9. The van der Waals surface area contributed by atoms with E-state index in [1.54, 1.807) is 12.4 Å². The number of pyridine rings is 2. The molecule has 138 valence electrons. The van der Waals surface area contributed by atoms with Crippen LogP contribution in [0.2, 0.25) is 0 Å². The smallest absolute Gasteiger partial charge is 0.257 e. The van der Waals surface area contributed by atoms with E-state index in [1.807, 2.05) is 61.7 Å². The van der Waals surface area contributed by atoms with Gasteiger partial charge in [-0.25, -0.2) is 0 Å². The summed E-state index contributed by atoms with van der Waals surface area (Å²) in [5.74, 6) is -0.154. The highest BCUT2D eigenvalue weighted by Crippen LogP contribution is 2.31. The number of aromatic nitrogens is 2. The lowest BCUT2D eigenvalue weighted by Crippen LogP contribution is -2.14. The normalized spacial score (nSPS) is 10.8. The predicted molar refractivity (Wildman–Crippen MR) is 113 cm³/mol. The molecule has 0 spiro atoms. The Morgan fingerprint density at radius 1 is 1.00 bits per heavy atom. The largest absolute Gasteiger partial charge is 0.322 e. The fraction of sp³-hybridized carbons (Fsp3) is 0.125. The van der Waals surface area contributed by atoms with Crippen molar-refractivity contribution in [2.24, 2.45) is 0 Å². The van der Waals surface area contributed by atoms with Gasteiger partial charge in [0.25, 0.3) is 5.91 Å². The van der Waals surface area contributed by atoms with E-state index in [2.05, 4.69) is 28.3 Å². The van der Waals surface area contributed by atoms with Crippen molar-refractivity contribution in [3.8, 4) is 11.1 Å². The Morgan fingerprint density at radius 3 is 2.71 bits per heavy atom. The van der Waals surface area contributed by atoms with Crippen molar-refractivity contribution >= 4 is 22.5 Å². The number of rotatable bonds is 4. The number of anilines is 1. The van der Waals surface area contributed by atoms with Gasteiger partial charge in [-0.1, -0.05) is 37.3 Å². The molecule has 1 N–H and O–H groups in total. The molecule has 2 heterocycles. The van der Waals surface area contributed by atoms with Gasteiger partial charge in [0.15, 0.2) is 0 Å². The van der Waals surface area contributed by atoms with Crippen LogP contribution >= 0.6 is 0 Å². The predicted octanol–water partition coefficient (Wildman–Crippen LogP) is 5.42. The Balaban J connectivity index is 1.73. The number of amides is 1. The number of hydrogen-bond donors (Lipinski definition) is 1. The van der Waals surface area contributed by atoms with Crippen molar-refractivity contribution < 1.29 is 4.79 Å². The summed E-state index contributed by atoms with van der Waals surface area (Å²) in [4.78, 5) is 21.7. The SMILES string of the molecule is CCc1cccc(NC(=O)c2cncc(-c3cccc4ncccc34)c2C)c1. The molecule has 4 rings (SSSR count). The molecule has 0 bridgehead atoms. The number of fused-ring (bicyclic) bond motifs is 1. The van der Waals surface area contributed by atoms with E-state index in [0.717, 1.165) is 39.7 Å². The molecule has 2 aromatic carbocycles. The van der Waals surface area contributed by atoms with Gasteiger partial charge in [0, 0.05) is 35.2 Å². The second kappa shape index (κ2) is 7.61. The summed E-state index contributed by atoms with van der Waals surface area (Å²) < 4.78 is 0. The summed E-state index contributed by atoms with van der Waals surface area (Å²) in [6, 6.07) is 17.9. The number of carbonyl (C=O) groups is 1. The minimum atomic E-state index is -0.154. The standard InChI is InChI=1S/C24H21N3O/c1-3-17-7-4-8-18(13-17)27-24(28)22-15-25-14-21(16(22)2)19-9-5-11-23-20(19)10-6-12-26-23/h4-15H,3H2,1-2H3,(H,27,28). The van der Waals surface area contributed by atoms with Crippen molar-refractivity contribution in [2.45, 2.75) is 20.3 Å². The van der Waals surface area contributed by atoms with E-state index in [1.165, 1.54) is 5.56 Å². The van der Waals surface area contributed by atoms with Crippen LogP contribution in [0.1, 0.15) is 28.4 Å². The van der Waals surface area contributed by atoms with Gasteiger partial charge in [0.05, 0.1) is 11.1 Å². The summed E-state index contributed by atoms with van der Waals surface area (Å²) in [5, 5.41) is 4.04. The number of nitrogens with one attached hydrogen (secondary N) is 1. The molecular formula is C24H21N3O. The van der Waals surface area contributed by atoms with Gasteiger partial charge in [0.1, 0.15) is 0 Å². The van der Waals surface area contributed by atoms with Gasteiger partial charge >= 0.3 is 0 Å². The van der Waals surface area contributed by atoms with Crippen molar-refractivity contribution in [3.63, 3.8) is 0 Å². The molecule has 4 aromatic rings. The summed E-state index contributed by atoms with van der Waals surface area (Å²) >= 11 is 0. The number of hydrogen-bond acceptors (Lipinski definition) is 3. The molecule has 0 saturated carbocycles. The van der Waals surface area contributed by atoms with Gasteiger partial charge in [-0.2, -0.15) is 0 Å². The molecule has 1 amide bonds. The summed E-state index contributed by atoms with van der Waals surface area (Å²) in [6.45, 7) is 4.06. The first-order valence-electron chi connectivity index (χ1n) is 9.36. The average Bonchev–Trinajstić information content (AvgIpc) is 2.73. The topological polar surface area (TPSA) is 54.9 Å². The number of aryl methyl sites for hydroxylation is 1. The van der Waals surface area contributed by atoms with E-state index < -0.39 is 0 Å². The summed E-state index contributed by atoms with van der Waals surface area (Å²) in [5.41, 5.74) is 6.33. The molecule has 0 unspecified atom stereocenters.